The van der Waals surface area contributed by atoms with E-state index < -0.39 is 10.1 Å². The molecule has 3 rings (SSSR count). The van der Waals surface area contributed by atoms with Crippen molar-refractivity contribution in [2.45, 2.75) is 11.8 Å². The molecule has 3 aromatic carbocycles. The monoisotopic (exact) mass is 385 g/mol. The highest BCUT2D eigenvalue weighted by atomic mass is 35.5. The summed E-state index contributed by atoms with van der Waals surface area (Å²) >= 11 is 6.10. The van der Waals surface area contributed by atoms with Crippen LogP contribution in [0.5, 0.6) is 5.75 Å². The van der Waals surface area contributed by atoms with Crippen molar-refractivity contribution in [2.24, 2.45) is 4.99 Å². The van der Waals surface area contributed by atoms with Crippen LogP contribution in [0.15, 0.2) is 82.7 Å². The molecule has 0 radical (unpaired) electrons. The van der Waals surface area contributed by atoms with Crippen molar-refractivity contribution < 1.29 is 12.6 Å². The Morgan fingerprint density at radius 3 is 2.38 bits per heavy atom. The van der Waals surface area contributed by atoms with Gasteiger partial charge in [-0.25, -0.2) is 0 Å². The van der Waals surface area contributed by atoms with Crippen molar-refractivity contribution in [1.29, 1.82) is 0 Å². The molecule has 0 N–H and O–H groups in total. The molecule has 6 heteroatoms. The van der Waals surface area contributed by atoms with E-state index >= 15 is 0 Å². The molecule has 0 aliphatic rings. The van der Waals surface area contributed by atoms with Crippen LogP contribution < -0.4 is 4.18 Å². The van der Waals surface area contributed by atoms with Crippen molar-refractivity contribution in [3.05, 3.63) is 88.9 Å². The van der Waals surface area contributed by atoms with Crippen molar-refractivity contribution >= 4 is 33.6 Å². The number of nitrogens with zero attached hydrogens (tertiary/aromatic N) is 1. The van der Waals surface area contributed by atoms with E-state index in [1.54, 1.807) is 54.7 Å². The molecule has 3 aromatic rings. The summed E-state index contributed by atoms with van der Waals surface area (Å²) in [6.45, 7) is 1.91. The van der Waals surface area contributed by atoms with E-state index in [0.29, 0.717) is 16.3 Å². The Balaban J connectivity index is 1.89. The average Bonchev–Trinajstić information content (AvgIpc) is 2.64. The molecule has 0 saturated carbocycles. The lowest BCUT2D eigenvalue weighted by Crippen LogP contribution is -2.10. The van der Waals surface area contributed by atoms with Crippen molar-refractivity contribution in [3.8, 4) is 5.75 Å². The van der Waals surface area contributed by atoms with E-state index in [1.165, 1.54) is 12.1 Å². The highest BCUT2D eigenvalue weighted by Gasteiger charge is 2.17. The van der Waals surface area contributed by atoms with Crippen LogP contribution in [0.4, 0.5) is 5.69 Å². The fourth-order valence-electron chi connectivity index (χ4n) is 2.22. The number of halogens is 1. The van der Waals surface area contributed by atoms with Gasteiger partial charge in [0.2, 0.25) is 0 Å². The lowest BCUT2D eigenvalue weighted by Gasteiger charge is -2.09. The summed E-state index contributed by atoms with van der Waals surface area (Å²) in [5.74, 6) is 0.207. The maximum absolute atomic E-state index is 12.4. The van der Waals surface area contributed by atoms with Crippen LogP contribution in [-0.4, -0.2) is 14.6 Å². The minimum Gasteiger partial charge on any atom is -0.378 e. The Morgan fingerprint density at radius 1 is 0.962 bits per heavy atom. The number of benzene rings is 3. The minimum absolute atomic E-state index is 0.0945. The van der Waals surface area contributed by atoms with Crippen molar-refractivity contribution in [2.75, 3.05) is 0 Å². The van der Waals surface area contributed by atoms with Gasteiger partial charge in [-0.3, -0.25) is 4.99 Å². The topological polar surface area (TPSA) is 55.7 Å². The first-order chi connectivity index (χ1) is 12.5. The third-order valence-corrected chi connectivity index (χ3v) is 5.31. The molecule has 26 heavy (non-hydrogen) atoms. The van der Waals surface area contributed by atoms with Gasteiger partial charge in [0, 0.05) is 16.8 Å². The third kappa shape index (κ3) is 4.31. The highest BCUT2D eigenvalue weighted by molar-refractivity contribution is 7.87. The third-order valence-electron chi connectivity index (χ3n) is 3.66. The number of rotatable bonds is 5. The number of hydrogen-bond acceptors (Lipinski definition) is 4. The molecule has 132 valence electrons. The van der Waals surface area contributed by atoms with Gasteiger partial charge in [0.1, 0.15) is 4.90 Å². The molecule has 0 unspecified atom stereocenters. The molecule has 0 spiro atoms. The van der Waals surface area contributed by atoms with Gasteiger partial charge in [0.15, 0.2) is 5.75 Å². The molecule has 0 atom stereocenters. The molecular weight excluding hydrogens is 370 g/mol. The van der Waals surface area contributed by atoms with Gasteiger partial charge in [0.25, 0.3) is 0 Å². The fourth-order valence-corrected chi connectivity index (χ4v) is 3.37. The van der Waals surface area contributed by atoms with Crippen LogP contribution in [0.3, 0.4) is 0 Å². The lowest BCUT2D eigenvalue weighted by molar-refractivity contribution is 0.485. The van der Waals surface area contributed by atoms with Gasteiger partial charge in [-0.2, -0.15) is 8.42 Å². The van der Waals surface area contributed by atoms with E-state index in [-0.39, 0.29) is 10.6 Å². The van der Waals surface area contributed by atoms with Gasteiger partial charge in [-0.1, -0.05) is 48.0 Å². The van der Waals surface area contributed by atoms with E-state index in [2.05, 4.69) is 4.99 Å². The van der Waals surface area contributed by atoms with Gasteiger partial charge in [-0.05, 0) is 48.9 Å². The van der Waals surface area contributed by atoms with Gasteiger partial charge < -0.3 is 4.18 Å². The summed E-state index contributed by atoms with van der Waals surface area (Å²) < 4.78 is 30.2. The van der Waals surface area contributed by atoms with E-state index in [9.17, 15) is 8.42 Å². The molecule has 0 heterocycles. The quantitative estimate of drug-likeness (QED) is 0.450. The largest absolute Gasteiger partial charge is 0.378 e. The molecule has 0 fully saturated rings. The first kappa shape index (κ1) is 18.2. The normalized spacial score (nSPS) is 11.6. The Morgan fingerprint density at radius 2 is 1.65 bits per heavy atom. The van der Waals surface area contributed by atoms with Crippen LogP contribution in [0, 0.1) is 6.92 Å². The Kier molecular flexibility index (Phi) is 5.40. The second-order valence-corrected chi connectivity index (χ2v) is 7.53. The van der Waals surface area contributed by atoms with Gasteiger partial charge >= 0.3 is 10.1 Å². The molecule has 0 amide bonds. The summed E-state index contributed by atoms with van der Waals surface area (Å²) in [5, 5.41) is 0.621. The summed E-state index contributed by atoms with van der Waals surface area (Å²) in [4.78, 5) is 4.45. The smallest absolute Gasteiger partial charge is 0.339 e. The minimum atomic E-state index is -3.91. The molecular formula is C20H16ClNO3S. The molecule has 0 aliphatic heterocycles. The maximum Gasteiger partial charge on any atom is 0.339 e. The standard InChI is InChI=1S/C20H16ClNO3S/c1-15-11-12-17(13-19(15)21)22-14-16-7-5-6-10-20(16)25-26(23,24)18-8-3-2-4-9-18/h2-14H,1H3. The van der Waals surface area contributed by atoms with E-state index in [1.807, 2.05) is 19.1 Å². The predicted octanol–water partition coefficient (Wildman–Crippen LogP) is 5.17. The first-order valence-corrected chi connectivity index (χ1v) is 9.63. The summed E-state index contributed by atoms with van der Waals surface area (Å²) in [7, 11) is -3.91. The van der Waals surface area contributed by atoms with Crippen LogP contribution in [-0.2, 0) is 10.1 Å². The van der Waals surface area contributed by atoms with E-state index in [4.69, 9.17) is 15.8 Å². The maximum atomic E-state index is 12.4. The first-order valence-electron chi connectivity index (χ1n) is 7.84. The second kappa shape index (κ2) is 7.72. The van der Waals surface area contributed by atoms with Crippen LogP contribution in [0.2, 0.25) is 5.02 Å². The fraction of sp³-hybridized carbons (Fsp3) is 0.0500. The Labute approximate surface area is 157 Å². The molecule has 4 nitrogen and oxygen atoms in total. The number of aliphatic imine (C=N–C) groups is 1. The SMILES string of the molecule is Cc1ccc(N=Cc2ccccc2OS(=O)(=O)c2ccccc2)cc1Cl. The number of para-hydroxylation sites is 1. The van der Waals surface area contributed by atoms with Crippen molar-refractivity contribution in [1.82, 2.24) is 0 Å². The molecule has 0 bridgehead atoms. The van der Waals surface area contributed by atoms with Gasteiger partial charge in [0.05, 0.1) is 5.69 Å². The number of hydrogen-bond donors (Lipinski definition) is 0. The molecule has 0 saturated heterocycles. The Bertz CT molecular complexity index is 1050. The van der Waals surface area contributed by atoms with Crippen LogP contribution >= 0.6 is 11.6 Å². The summed E-state index contributed by atoms with van der Waals surface area (Å²) in [6.07, 6.45) is 1.55. The zero-order valence-electron chi connectivity index (χ0n) is 14.0. The highest BCUT2D eigenvalue weighted by Crippen LogP contribution is 2.24. The molecule has 0 aliphatic carbocycles. The predicted molar refractivity (Wildman–Crippen MR) is 104 cm³/mol. The van der Waals surface area contributed by atoms with Crippen LogP contribution in [0.25, 0.3) is 0 Å². The zero-order chi connectivity index (χ0) is 18.6. The molecule has 0 aromatic heterocycles. The van der Waals surface area contributed by atoms with Gasteiger partial charge in [-0.15, -0.1) is 0 Å². The van der Waals surface area contributed by atoms with Crippen LogP contribution in [0.1, 0.15) is 11.1 Å². The average molecular weight is 386 g/mol. The summed E-state index contributed by atoms with van der Waals surface area (Å²) in [5.41, 5.74) is 2.17. The number of aryl methyl sites for hydroxylation is 1. The summed E-state index contributed by atoms with van der Waals surface area (Å²) in [6, 6.07) is 20.3. The Hall–Kier alpha value is -2.63. The lowest BCUT2D eigenvalue weighted by atomic mass is 10.2. The zero-order valence-corrected chi connectivity index (χ0v) is 15.5. The second-order valence-electron chi connectivity index (χ2n) is 5.58. The van der Waals surface area contributed by atoms with E-state index in [0.717, 1.165) is 5.56 Å². The van der Waals surface area contributed by atoms with Crippen molar-refractivity contribution in [3.63, 3.8) is 0 Å².